The quantitative estimate of drug-likeness (QED) is 0.651. The van der Waals surface area contributed by atoms with E-state index in [9.17, 15) is 14.9 Å². The smallest absolute Gasteiger partial charge is 0.335 e. The molecule has 6 nitrogen and oxygen atoms in total. The number of nitro groups is 1. The number of nitrogens with zero attached hydrogens (tertiary/aromatic N) is 1. The highest BCUT2D eigenvalue weighted by Gasteiger charge is 2.13. The van der Waals surface area contributed by atoms with Crippen LogP contribution in [0, 0.1) is 10.1 Å². The third-order valence-electron chi connectivity index (χ3n) is 2.87. The largest absolute Gasteiger partial charge is 0.478 e. The zero-order valence-corrected chi connectivity index (χ0v) is 11.5. The summed E-state index contributed by atoms with van der Waals surface area (Å²) in [5, 5.41) is 23.0. The fourth-order valence-electron chi connectivity index (χ4n) is 1.82. The Hall–Kier alpha value is -2.60. The predicted octanol–water partition coefficient (Wildman–Crippen LogP) is 3.56. The summed E-state index contributed by atoms with van der Waals surface area (Å²) in [6.45, 7) is 0.212. The Morgan fingerprint density at radius 3 is 2.62 bits per heavy atom. The number of nitrogens with one attached hydrogen (secondary N) is 1. The fraction of sp³-hybridized carbons (Fsp3) is 0.0714. The molecule has 0 spiro atoms. The molecule has 2 aromatic carbocycles. The molecule has 0 aliphatic carbocycles. The van der Waals surface area contributed by atoms with Crippen molar-refractivity contribution in [2.75, 3.05) is 5.32 Å². The molecule has 0 amide bonds. The summed E-state index contributed by atoms with van der Waals surface area (Å²) in [6, 6.07) is 10.6. The minimum absolute atomic E-state index is 0.0169. The van der Waals surface area contributed by atoms with Crippen molar-refractivity contribution in [1.29, 1.82) is 0 Å². The van der Waals surface area contributed by atoms with Crippen molar-refractivity contribution in [3.8, 4) is 0 Å². The van der Waals surface area contributed by atoms with Gasteiger partial charge in [-0.15, -0.1) is 0 Å². The van der Waals surface area contributed by atoms with Crippen molar-refractivity contribution in [3.05, 3.63) is 68.7 Å². The molecule has 0 aromatic heterocycles. The standard InChI is InChI=1S/C14H11ClN2O4/c15-11-7-9(14(18)19)5-6-12(11)16-8-10-3-1-2-4-13(10)17(20)21/h1-7,16H,8H2,(H,18,19). The van der Waals surface area contributed by atoms with Gasteiger partial charge in [-0.2, -0.15) is 0 Å². The summed E-state index contributed by atoms with van der Waals surface area (Å²) in [5.74, 6) is -1.07. The van der Waals surface area contributed by atoms with Gasteiger partial charge in [0.25, 0.3) is 5.69 Å². The fourth-order valence-corrected chi connectivity index (χ4v) is 2.07. The van der Waals surface area contributed by atoms with Gasteiger partial charge >= 0.3 is 5.97 Å². The molecule has 2 rings (SSSR count). The van der Waals surface area contributed by atoms with Crippen LogP contribution in [0.15, 0.2) is 42.5 Å². The second-order valence-corrected chi connectivity index (χ2v) is 4.65. The second-order valence-electron chi connectivity index (χ2n) is 4.24. The van der Waals surface area contributed by atoms with Crippen LogP contribution in [-0.4, -0.2) is 16.0 Å². The molecule has 21 heavy (non-hydrogen) atoms. The number of aromatic carboxylic acids is 1. The molecule has 0 saturated heterocycles. The molecule has 0 fully saturated rings. The third-order valence-corrected chi connectivity index (χ3v) is 3.19. The van der Waals surface area contributed by atoms with E-state index < -0.39 is 10.9 Å². The number of hydrogen-bond acceptors (Lipinski definition) is 4. The molecule has 2 aromatic rings. The Morgan fingerprint density at radius 2 is 2.00 bits per heavy atom. The molecule has 0 saturated carbocycles. The Labute approximate surface area is 125 Å². The van der Waals surface area contributed by atoms with Crippen LogP contribution in [0.1, 0.15) is 15.9 Å². The molecular formula is C14H11ClN2O4. The topological polar surface area (TPSA) is 92.5 Å². The Balaban J connectivity index is 2.17. The first-order chi connectivity index (χ1) is 9.99. The van der Waals surface area contributed by atoms with Gasteiger partial charge in [-0.05, 0) is 18.2 Å². The number of carboxylic acid groups (broad SMARTS) is 1. The highest BCUT2D eigenvalue weighted by molar-refractivity contribution is 6.33. The molecule has 108 valence electrons. The molecule has 0 aliphatic heterocycles. The number of hydrogen-bond donors (Lipinski definition) is 2. The molecule has 0 unspecified atom stereocenters. The van der Waals surface area contributed by atoms with Crippen LogP contribution in [0.2, 0.25) is 5.02 Å². The Morgan fingerprint density at radius 1 is 1.29 bits per heavy atom. The van der Waals surface area contributed by atoms with Gasteiger partial charge in [-0.1, -0.05) is 29.8 Å². The van der Waals surface area contributed by atoms with Gasteiger partial charge in [-0.25, -0.2) is 4.79 Å². The van der Waals surface area contributed by atoms with Crippen LogP contribution in [0.25, 0.3) is 0 Å². The average molecular weight is 307 g/mol. The minimum atomic E-state index is -1.07. The molecule has 0 atom stereocenters. The number of nitro benzene ring substituents is 1. The van der Waals surface area contributed by atoms with E-state index in [0.29, 0.717) is 11.3 Å². The van der Waals surface area contributed by atoms with Crippen molar-refractivity contribution in [3.63, 3.8) is 0 Å². The van der Waals surface area contributed by atoms with Gasteiger partial charge in [-0.3, -0.25) is 10.1 Å². The van der Waals surface area contributed by atoms with Crippen LogP contribution in [-0.2, 0) is 6.54 Å². The number of anilines is 1. The van der Waals surface area contributed by atoms with Gasteiger partial charge in [0.2, 0.25) is 0 Å². The zero-order chi connectivity index (χ0) is 15.4. The molecule has 0 heterocycles. The van der Waals surface area contributed by atoms with Gasteiger partial charge in [0.1, 0.15) is 0 Å². The number of benzene rings is 2. The highest BCUT2D eigenvalue weighted by Crippen LogP contribution is 2.25. The summed E-state index contributed by atoms with van der Waals surface area (Å²) < 4.78 is 0. The predicted molar refractivity (Wildman–Crippen MR) is 78.8 cm³/mol. The van der Waals surface area contributed by atoms with E-state index in [1.165, 1.54) is 24.3 Å². The molecule has 0 bridgehead atoms. The first-order valence-corrected chi connectivity index (χ1v) is 6.36. The Bertz CT molecular complexity index is 703. The lowest BCUT2D eigenvalue weighted by Crippen LogP contribution is -2.04. The molecule has 2 N–H and O–H groups in total. The minimum Gasteiger partial charge on any atom is -0.478 e. The van der Waals surface area contributed by atoms with Crippen molar-refractivity contribution in [1.82, 2.24) is 0 Å². The lowest BCUT2D eigenvalue weighted by Gasteiger charge is -2.09. The molecule has 7 heteroatoms. The maximum atomic E-state index is 10.9. The zero-order valence-electron chi connectivity index (χ0n) is 10.7. The Kier molecular flexibility index (Phi) is 4.39. The van der Waals surface area contributed by atoms with Gasteiger partial charge in [0.05, 0.1) is 21.2 Å². The number of halogens is 1. The summed E-state index contributed by atoms with van der Waals surface area (Å²) in [4.78, 5) is 21.3. The maximum absolute atomic E-state index is 10.9. The highest BCUT2D eigenvalue weighted by atomic mass is 35.5. The van der Waals surface area contributed by atoms with E-state index in [2.05, 4.69) is 5.32 Å². The monoisotopic (exact) mass is 306 g/mol. The summed E-state index contributed by atoms with van der Waals surface area (Å²) >= 11 is 5.98. The second kappa shape index (κ2) is 6.23. The number of carboxylic acids is 1. The summed E-state index contributed by atoms with van der Waals surface area (Å²) in [5.41, 5.74) is 1.13. The number of para-hydroxylation sites is 1. The van der Waals surface area contributed by atoms with Crippen LogP contribution < -0.4 is 5.32 Å². The first-order valence-electron chi connectivity index (χ1n) is 5.98. The van der Waals surface area contributed by atoms with Crippen LogP contribution in [0.3, 0.4) is 0 Å². The van der Waals surface area contributed by atoms with Crippen molar-refractivity contribution >= 4 is 28.9 Å². The van der Waals surface area contributed by atoms with E-state index in [4.69, 9.17) is 16.7 Å². The van der Waals surface area contributed by atoms with E-state index in [1.807, 2.05) is 0 Å². The van der Waals surface area contributed by atoms with Crippen LogP contribution in [0.5, 0.6) is 0 Å². The maximum Gasteiger partial charge on any atom is 0.335 e. The van der Waals surface area contributed by atoms with Gasteiger partial charge < -0.3 is 10.4 Å². The normalized spacial score (nSPS) is 10.1. The lowest BCUT2D eigenvalue weighted by atomic mass is 10.1. The number of rotatable bonds is 5. The molecule has 0 aliphatic rings. The lowest BCUT2D eigenvalue weighted by molar-refractivity contribution is -0.385. The van der Waals surface area contributed by atoms with Crippen molar-refractivity contribution in [2.45, 2.75) is 6.54 Å². The van der Waals surface area contributed by atoms with Gasteiger partial charge in [0.15, 0.2) is 0 Å². The van der Waals surface area contributed by atoms with Crippen LogP contribution >= 0.6 is 11.6 Å². The molecular weight excluding hydrogens is 296 g/mol. The average Bonchev–Trinajstić information content (AvgIpc) is 2.46. The van der Waals surface area contributed by atoms with Crippen molar-refractivity contribution < 1.29 is 14.8 Å². The third kappa shape index (κ3) is 3.49. The first kappa shape index (κ1) is 14.8. The van der Waals surface area contributed by atoms with Gasteiger partial charge in [0, 0.05) is 18.2 Å². The van der Waals surface area contributed by atoms with Crippen molar-refractivity contribution in [2.24, 2.45) is 0 Å². The van der Waals surface area contributed by atoms with Crippen LogP contribution in [0.4, 0.5) is 11.4 Å². The van der Waals surface area contributed by atoms with E-state index >= 15 is 0 Å². The summed E-state index contributed by atoms with van der Waals surface area (Å²) in [6.07, 6.45) is 0. The molecule has 0 radical (unpaired) electrons. The van der Waals surface area contributed by atoms with E-state index in [-0.39, 0.29) is 22.8 Å². The summed E-state index contributed by atoms with van der Waals surface area (Å²) in [7, 11) is 0. The van der Waals surface area contributed by atoms with E-state index in [1.54, 1.807) is 18.2 Å². The van der Waals surface area contributed by atoms with E-state index in [0.717, 1.165) is 0 Å². The number of carbonyl (C=O) groups is 1. The SMILES string of the molecule is O=C(O)c1ccc(NCc2ccccc2[N+](=O)[O-])c(Cl)c1.